The minimum absolute atomic E-state index is 0.0312. The Morgan fingerprint density at radius 3 is 2.79 bits per heavy atom. The van der Waals surface area contributed by atoms with Crippen molar-refractivity contribution in [2.24, 2.45) is 11.7 Å². The number of hydrogen-bond acceptors (Lipinski definition) is 5. The van der Waals surface area contributed by atoms with Gasteiger partial charge in [0.1, 0.15) is 17.2 Å². The van der Waals surface area contributed by atoms with Gasteiger partial charge in [0.15, 0.2) is 0 Å². The summed E-state index contributed by atoms with van der Waals surface area (Å²) in [6, 6.07) is 1.75. The van der Waals surface area contributed by atoms with Gasteiger partial charge in [0.2, 0.25) is 5.91 Å². The molecule has 0 unspecified atom stereocenters. The van der Waals surface area contributed by atoms with E-state index >= 15 is 0 Å². The first-order chi connectivity index (χ1) is 13.3. The third-order valence-electron chi connectivity index (χ3n) is 5.60. The summed E-state index contributed by atoms with van der Waals surface area (Å²) < 4.78 is 1.70. The van der Waals surface area contributed by atoms with Gasteiger partial charge in [0, 0.05) is 35.5 Å². The molecule has 0 spiro atoms. The fourth-order valence-corrected chi connectivity index (χ4v) is 4.19. The number of carbonyl (C=O) groups excluding carboxylic acids is 2. The van der Waals surface area contributed by atoms with Crippen LogP contribution in [-0.2, 0) is 4.79 Å². The van der Waals surface area contributed by atoms with E-state index in [1.165, 1.54) is 0 Å². The van der Waals surface area contributed by atoms with Crippen molar-refractivity contribution in [3.05, 3.63) is 35.2 Å². The first kappa shape index (κ1) is 18.1. The Labute approximate surface area is 162 Å². The van der Waals surface area contributed by atoms with Gasteiger partial charge in [-0.1, -0.05) is 6.92 Å². The molecule has 2 amide bonds. The fraction of sp³-hybridized carbons (Fsp3) is 0.350. The third kappa shape index (κ3) is 2.56. The van der Waals surface area contributed by atoms with E-state index in [1.807, 2.05) is 13.8 Å². The lowest BCUT2D eigenvalue weighted by Gasteiger charge is -2.25. The minimum atomic E-state index is -0.658. The zero-order valence-electron chi connectivity index (χ0n) is 15.9. The van der Waals surface area contributed by atoms with Gasteiger partial charge in [-0.3, -0.25) is 14.2 Å². The van der Waals surface area contributed by atoms with Crippen molar-refractivity contribution in [3.8, 4) is 0 Å². The van der Waals surface area contributed by atoms with Crippen LogP contribution in [0.25, 0.3) is 16.7 Å². The van der Waals surface area contributed by atoms with Crippen molar-refractivity contribution in [1.82, 2.24) is 9.55 Å². The Kier molecular flexibility index (Phi) is 4.14. The highest BCUT2D eigenvalue weighted by atomic mass is 16.3. The average Bonchev–Trinajstić information content (AvgIpc) is 3.19. The minimum Gasteiger partial charge on any atom is -0.508 e. The summed E-state index contributed by atoms with van der Waals surface area (Å²) in [6.45, 7) is 4.45. The molecule has 146 valence electrons. The van der Waals surface area contributed by atoms with Crippen LogP contribution in [0, 0.1) is 5.92 Å². The first-order valence-corrected chi connectivity index (χ1v) is 9.32. The Morgan fingerprint density at radius 1 is 1.39 bits per heavy atom. The number of nitrogens with two attached hydrogens (primary N) is 2. The van der Waals surface area contributed by atoms with Crippen molar-refractivity contribution in [1.29, 1.82) is 0 Å². The SMILES string of the molecule is CC1=C(n2c(N)c(C(N)=O)c3cc(N4CCCC4=O)cnc32)[C@H](C)CC=C1O. The summed E-state index contributed by atoms with van der Waals surface area (Å²) in [7, 11) is 0. The standard InChI is InChI=1S/C20H23N5O3/c1-10-5-6-14(26)11(2)17(10)25-18(21)16(19(22)28)13-8-12(9-23-20(13)25)24-7-3-4-15(24)27/h6,8-10,26H,3-5,7,21H2,1-2H3,(H2,22,28)/t10-/m1/s1. The molecule has 1 aliphatic carbocycles. The number of nitrogen functional groups attached to an aromatic ring is 1. The maximum absolute atomic E-state index is 12.2. The molecule has 0 bridgehead atoms. The second-order valence-electron chi connectivity index (χ2n) is 7.41. The number of fused-ring (bicyclic) bond motifs is 1. The number of aromatic nitrogens is 2. The molecule has 1 saturated heterocycles. The lowest BCUT2D eigenvalue weighted by molar-refractivity contribution is -0.117. The molecule has 1 fully saturated rings. The molecule has 2 aromatic rings. The van der Waals surface area contributed by atoms with Crippen molar-refractivity contribution in [2.45, 2.75) is 33.1 Å². The Hall–Kier alpha value is -3.29. The molecular weight excluding hydrogens is 358 g/mol. The molecule has 8 nitrogen and oxygen atoms in total. The molecular formula is C20H23N5O3. The highest BCUT2D eigenvalue weighted by Crippen LogP contribution is 2.39. The van der Waals surface area contributed by atoms with E-state index < -0.39 is 5.91 Å². The van der Waals surface area contributed by atoms with Gasteiger partial charge in [0.25, 0.3) is 5.91 Å². The number of primary amides is 1. The molecule has 0 saturated carbocycles. The lowest BCUT2D eigenvalue weighted by Crippen LogP contribution is -2.23. The van der Waals surface area contributed by atoms with E-state index in [-0.39, 0.29) is 29.0 Å². The number of aliphatic hydroxyl groups is 1. The van der Waals surface area contributed by atoms with Crippen LogP contribution in [0.15, 0.2) is 29.7 Å². The topological polar surface area (TPSA) is 127 Å². The summed E-state index contributed by atoms with van der Waals surface area (Å²) in [6.07, 6.45) is 5.32. The molecule has 2 aromatic heterocycles. The Bertz CT molecular complexity index is 1080. The van der Waals surface area contributed by atoms with E-state index in [1.54, 1.807) is 27.8 Å². The molecule has 5 N–H and O–H groups in total. The predicted molar refractivity (Wildman–Crippen MR) is 108 cm³/mol. The summed E-state index contributed by atoms with van der Waals surface area (Å²) in [5.74, 6) is -0.181. The van der Waals surface area contributed by atoms with Gasteiger partial charge in [-0.25, -0.2) is 4.98 Å². The number of amides is 2. The number of aliphatic hydroxyl groups excluding tert-OH is 1. The van der Waals surface area contributed by atoms with Gasteiger partial charge >= 0.3 is 0 Å². The van der Waals surface area contributed by atoms with E-state index in [4.69, 9.17) is 11.5 Å². The molecule has 1 aliphatic heterocycles. The van der Waals surface area contributed by atoms with Crippen LogP contribution in [0.1, 0.15) is 43.5 Å². The monoisotopic (exact) mass is 381 g/mol. The molecule has 1 atom stereocenters. The number of carbonyl (C=O) groups is 2. The largest absolute Gasteiger partial charge is 0.508 e. The number of nitrogens with zero attached hydrogens (tertiary/aromatic N) is 3. The number of allylic oxidation sites excluding steroid dienone is 3. The highest BCUT2D eigenvalue weighted by molar-refractivity contribution is 6.12. The van der Waals surface area contributed by atoms with Crippen molar-refractivity contribution in [2.75, 3.05) is 17.2 Å². The Morgan fingerprint density at radius 2 is 2.14 bits per heavy atom. The summed E-state index contributed by atoms with van der Waals surface area (Å²) in [5, 5.41) is 10.7. The van der Waals surface area contributed by atoms with Gasteiger partial charge < -0.3 is 21.5 Å². The van der Waals surface area contributed by atoms with Crippen LogP contribution in [0.5, 0.6) is 0 Å². The average molecular weight is 381 g/mol. The Balaban J connectivity index is 2.00. The van der Waals surface area contributed by atoms with E-state index in [0.29, 0.717) is 41.7 Å². The highest BCUT2D eigenvalue weighted by Gasteiger charge is 2.29. The number of anilines is 2. The predicted octanol–water partition coefficient (Wildman–Crippen LogP) is 2.56. The van der Waals surface area contributed by atoms with Crippen LogP contribution < -0.4 is 16.4 Å². The van der Waals surface area contributed by atoms with Crippen molar-refractivity contribution >= 4 is 40.1 Å². The van der Waals surface area contributed by atoms with Crippen molar-refractivity contribution in [3.63, 3.8) is 0 Å². The maximum atomic E-state index is 12.2. The van der Waals surface area contributed by atoms with Crippen LogP contribution >= 0.6 is 0 Å². The smallest absolute Gasteiger partial charge is 0.253 e. The van der Waals surface area contributed by atoms with Crippen LogP contribution in [0.4, 0.5) is 11.5 Å². The van der Waals surface area contributed by atoms with Gasteiger partial charge in [-0.05, 0) is 31.9 Å². The van der Waals surface area contributed by atoms with E-state index in [9.17, 15) is 14.7 Å². The summed E-state index contributed by atoms with van der Waals surface area (Å²) >= 11 is 0. The van der Waals surface area contributed by atoms with Crippen LogP contribution in [-0.4, -0.2) is 33.0 Å². The molecule has 4 rings (SSSR count). The molecule has 0 radical (unpaired) electrons. The summed E-state index contributed by atoms with van der Waals surface area (Å²) in [4.78, 5) is 30.5. The lowest BCUT2D eigenvalue weighted by atomic mass is 9.93. The van der Waals surface area contributed by atoms with Crippen LogP contribution in [0.3, 0.4) is 0 Å². The molecule has 3 heterocycles. The molecule has 28 heavy (non-hydrogen) atoms. The second kappa shape index (κ2) is 6.40. The fourth-order valence-electron chi connectivity index (χ4n) is 4.19. The number of rotatable bonds is 3. The van der Waals surface area contributed by atoms with Gasteiger partial charge in [-0.2, -0.15) is 0 Å². The number of hydrogen-bond donors (Lipinski definition) is 3. The molecule has 2 aliphatic rings. The van der Waals surface area contributed by atoms with Crippen molar-refractivity contribution < 1.29 is 14.7 Å². The van der Waals surface area contributed by atoms with E-state index in [2.05, 4.69) is 4.98 Å². The van der Waals surface area contributed by atoms with Gasteiger partial charge in [-0.15, -0.1) is 0 Å². The van der Waals surface area contributed by atoms with Gasteiger partial charge in [0.05, 0.1) is 17.4 Å². The summed E-state index contributed by atoms with van der Waals surface area (Å²) in [5.41, 5.74) is 14.7. The number of pyridine rings is 1. The van der Waals surface area contributed by atoms with Crippen LogP contribution in [0.2, 0.25) is 0 Å². The maximum Gasteiger partial charge on any atom is 0.253 e. The quantitative estimate of drug-likeness (QED) is 0.753. The van der Waals surface area contributed by atoms with E-state index in [0.717, 1.165) is 12.1 Å². The zero-order valence-corrected chi connectivity index (χ0v) is 15.9. The first-order valence-electron chi connectivity index (χ1n) is 9.32. The zero-order chi connectivity index (χ0) is 20.2. The molecule has 0 aromatic carbocycles. The third-order valence-corrected chi connectivity index (χ3v) is 5.60. The molecule has 8 heteroatoms. The normalized spacial score (nSPS) is 20.2. The second-order valence-corrected chi connectivity index (χ2v) is 7.41.